The average Bonchev–Trinajstić information content (AvgIpc) is 2.75. The molecule has 1 aromatic carbocycles. The summed E-state index contributed by atoms with van der Waals surface area (Å²) in [5.74, 6) is 0.918. The zero-order chi connectivity index (χ0) is 11.5. The molecule has 0 amide bonds. The molecule has 0 bridgehead atoms. The van der Waals surface area contributed by atoms with Crippen molar-refractivity contribution < 1.29 is 13.9 Å². The zero-order valence-electron chi connectivity index (χ0n) is 9.40. The third kappa shape index (κ3) is 1.81. The molecule has 3 heteroatoms. The van der Waals surface area contributed by atoms with Crippen molar-refractivity contribution in [3.63, 3.8) is 0 Å². The first kappa shape index (κ1) is 10.7. The molecule has 2 rings (SSSR count). The summed E-state index contributed by atoms with van der Waals surface area (Å²) in [5, 5.41) is 1.01. The van der Waals surface area contributed by atoms with Gasteiger partial charge in [0.2, 0.25) is 0 Å². The minimum Gasteiger partial charge on any atom is -0.493 e. The van der Waals surface area contributed by atoms with E-state index in [1.54, 1.807) is 13.4 Å². The normalized spacial score (nSPS) is 12.6. The molecule has 0 aliphatic rings. The van der Waals surface area contributed by atoms with E-state index in [2.05, 4.69) is 0 Å². The molecule has 16 heavy (non-hydrogen) atoms. The summed E-state index contributed by atoms with van der Waals surface area (Å²) in [6, 6.07) is 5.87. The Labute approximate surface area is 94.0 Å². The molecule has 0 radical (unpaired) electrons. The highest BCUT2D eigenvalue weighted by atomic mass is 16.5. The van der Waals surface area contributed by atoms with E-state index in [9.17, 15) is 4.79 Å². The van der Waals surface area contributed by atoms with Crippen LogP contribution < -0.4 is 4.74 Å². The minimum atomic E-state index is 0.200. The van der Waals surface area contributed by atoms with Gasteiger partial charge in [0, 0.05) is 11.8 Å². The summed E-state index contributed by atoms with van der Waals surface area (Å²) in [7, 11) is 1.62. The van der Waals surface area contributed by atoms with Gasteiger partial charge in [-0.3, -0.25) is 0 Å². The van der Waals surface area contributed by atoms with Crippen molar-refractivity contribution in [3.05, 3.63) is 30.0 Å². The van der Waals surface area contributed by atoms with Crippen molar-refractivity contribution in [1.82, 2.24) is 0 Å². The van der Waals surface area contributed by atoms with E-state index in [0.29, 0.717) is 6.42 Å². The van der Waals surface area contributed by atoms with Gasteiger partial charge in [-0.2, -0.15) is 0 Å². The van der Waals surface area contributed by atoms with E-state index in [4.69, 9.17) is 9.15 Å². The number of aldehydes is 1. The summed E-state index contributed by atoms with van der Waals surface area (Å²) in [6.45, 7) is 2.02. The Bertz CT molecular complexity index is 499. The van der Waals surface area contributed by atoms with E-state index in [1.807, 2.05) is 25.1 Å². The van der Waals surface area contributed by atoms with Gasteiger partial charge < -0.3 is 13.9 Å². The Morgan fingerprint density at radius 3 is 3.00 bits per heavy atom. The van der Waals surface area contributed by atoms with Crippen molar-refractivity contribution in [2.75, 3.05) is 7.11 Å². The second kappa shape index (κ2) is 4.39. The average molecular weight is 218 g/mol. The summed E-state index contributed by atoms with van der Waals surface area (Å²) in [5.41, 5.74) is 1.85. The standard InChI is InChI=1S/C13H14O3/c1-9(3-5-14)11-7-10-4-6-16-13(10)12(8-11)15-2/h4-9H,3H2,1-2H3. The minimum absolute atomic E-state index is 0.200. The van der Waals surface area contributed by atoms with E-state index in [0.717, 1.165) is 28.6 Å². The van der Waals surface area contributed by atoms with E-state index in [-0.39, 0.29) is 5.92 Å². The van der Waals surface area contributed by atoms with Crippen LogP contribution in [0.25, 0.3) is 11.0 Å². The maximum Gasteiger partial charge on any atom is 0.175 e. The highest BCUT2D eigenvalue weighted by molar-refractivity contribution is 5.84. The van der Waals surface area contributed by atoms with E-state index in [1.165, 1.54) is 0 Å². The Hall–Kier alpha value is -1.77. The lowest BCUT2D eigenvalue weighted by Crippen LogP contribution is -1.95. The monoisotopic (exact) mass is 218 g/mol. The summed E-state index contributed by atoms with van der Waals surface area (Å²) in [6.07, 6.45) is 3.10. The van der Waals surface area contributed by atoms with Gasteiger partial charge in [-0.25, -0.2) is 0 Å². The Kier molecular flexibility index (Phi) is 2.95. The molecule has 0 spiro atoms. The van der Waals surface area contributed by atoms with Crippen LogP contribution in [0.3, 0.4) is 0 Å². The molecule has 0 aliphatic heterocycles. The van der Waals surface area contributed by atoms with Crippen LogP contribution in [0.4, 0.5) is 0 Å². The molecule has 1 atom stereocenters. The van der Waals surface area contributed by atoms with E-state index < -0.39 is 0 Å². The van der Waals surface area contributed by atoms with Crippen LogP contribution in [0, 0.1) is 0 Å². The van der Waals surface area contributed by atoms with Gasteiger partial charge in [0.15, 0.2) is 11.3 Å². The number of carbonyl (C=O) groups excluding carboxylic acids is 1. The molecule has 2 aromatic rings. The second-order valence-corrected chi connectivity index (χ2v) is 3.87. The number of carbonyl (C=O) groups is 1. The fraction of sp³-hybridized carbons (Fsp3) is 0.308. The van der Waals surface area contributed by atoms with E-state index >= 15 is 0 Å². The molecule has 0 N–H and O–H groups in total. The number of hydrogen-bond acceptors (Lipinski definition) is 3. The van der Waals surface area contributed by atoms with Crippen LogP contribution in [0.15, 0.2) is 28.9 Å². The Morgan fingerprint density at radius 1 is 1.50 bits per heavy atom. The number of methoxy groups -OCH3 is 1. The molecular formula is C13H14O3. The van der Waals surface area contributed by atoms with Gasteiger partial charge in [0.1, 0.15) is 6.29 Å². The fourth-order valence-electron chi connectivity index (χ4n) is 1.79. The molecule has 1 heterocycles. The quantitative estimate of drug-likeness (QED) is 0.740. The van der Waals surface area contributed by atoms with Crippen molar-refractivity contribution in [1.29, 1.82) is 0 Å². The van der Waals surface area contributed by atoms with Crippen LogP contribution in [0.2, 0.25) is 0 Å². The van der Waals surface area contributed by atoms with Crippen LogP contribution in [0.5, 0.6) is 5.75 Å². The van der Waals surface area contributed by atoms with Crippen LogP contribution in [0.1, 0.15) is 24.8 Å². The fourth-order valence-corrected chi connectivity index (χ4v) is 1.79. The number of ether oxygens (including phenoxy) is 1. The van der Waals surface area contributed by atoms with Crippen LogP contribution in [-0.2, 0) is 4.79 Å². The molecule has 1 aromatic heterocycles. The third-order valence-corrected chi connectivity index (χ3v) is 2.78. The van der Waals surface area contributed by atoms with Gasteiger partial charge in [-0.05, 0) is 29.7 Å². The SMILES string of the molecule is COc1cc(C(C)CC=O)cc2ccoc12. The first-order valence-corrected chi connectivity index (χ1v) is 5.25. The highest BCUT2D eigenvalue weighted by Crippen LogP contribution is 2.32. The van der Waals surface area contributed by atoms with Gasteiger partial charge in [-0.15, -0.1) is 0 Å². The number of rotatable bonds is 4. The van der Waals surface area contributed by atoms with Gasteiger partial charge in [0.25, 0.3) is 0 Å². The molecule has 84 valence electrons. The van der Waals surface area contributed by atoms with Gasteiger partial charge in [0.05, 0.1) is 13.4 Å². The Morgan fingerprint density at radius 2 is 2.31 bits per heavy atom. The number of fused-ring (bicyclic) bond motifs is 1. The lowest BCUT2D eigenvalue weighted by molar-refractivity contribution is -0.108. The van der Waals surface area contributed by atoms with Crippen molar-refractivity contribution in [2.24, 2.45) is 0 Å². The maximum atomic E-state index is 10.5. The molecule has 1 unspecified atom stereocenters. The first-order valence-electron chi connectivity index (χ1n) is 5.25. The number of benzene rings is 1. The molecule has 0 saturated heterocycles. The third-order valence-electron chi connectivity index (χ3n) is 2.78. The predicted octanol–water partition coefficient (Wildman–Crippen LogP) is 3.13. The maximum absolute atomic E-state index is 10.5. The molecule has 3 nitrogen and oxygen atoms in total. The first-order chi connectivity index (χ1) is 7.76. The molecule has 0 saturated carbocycles. The summed E-state index contributed by atoms with van der Waals surface area (Å²) >= 11 is 0. The molecular weight excluding hydrogens is 204 g/mol. The topological polar surface area (TPSA) is 39.4 Å². The van der Waals surface area contributed by atoms with Crippen LogP contribution >= 0.6 is 0 Å². The Balaban J connectivity index is 2.50. The zero-order valence-corrected chi connectivity index (χ0v) is 9.40. The summed E-state index contributed by atoms with van der Waals surface area (Å²) in [4.78, 5) is 10.5. The number of hydrogen-bond donors (Lipinski definition) is 0. The van der Waals surface area contributed by atoms with Crippen molar-refractivity contribution in [3.8, 4) is 5.75 Å². The second-order valence-electron chi connectivity index (χ2n) is 3.87. The highest BCUT2D eigenvalue weighted by Gasteiger charge is 2.11. The lowest BCUT2D eigenvalue weighted by Gasteiger charge is -2.10. The smallest absolute Gasteiger partial charge is 0.175 e. The van der Waals surface area contributed by atoms with Crippen molar-refractivity contribution >= 4 is 17.3 Å². The molecule has 0 aliphatic carbocycles. The van der Waals surface area contributed by atoms with Gasteiger partial charge >= 0.3 is 0 Å². The molecule has 0 fully saturated rings. The number of furan rings is 1. The summed E-state index contributed by atoms with van der Waals surface area (Å²) < 4.78 is 10.6. The lowest BCUT2D eigenvalue weighted by atomic mass is 9.97. The van der Waals surface area contributed by atoms with Crippen molar-refractivity contribution in [2.45, 2.75) is 19.3 Å². The van der Waals surface area contributed by atoms with Crippen LogP contribution in [-0.4, -0.2) is 13.4 Å². The predicted molar refractivity (Wildman–Crippen MR) is 61.9 cm³/mol. The van der Waals surface area contributed by atoms with Gasteiger partial charge in [-0.1, -0.05) is 6.92 Å². The largest absolute Gasteiger partial charge is 0.493 e.